The van der Waals surface area contributed by atoms with Crippen LogP contribution in [0.25, 0.3) is 0 Å². The Hall–Kier alpha value is -1.91. The second-order valence-electron chi connectivity index (χ2n) is 2.52. The first-order valence-electron chi connectivity index (χ1n) is 3.77. The molecule has 0 saturated heterocycles. The Labute approximate surface area is 76.2 Å². The van der Waals surface area contributed by atoms with Crippen LogP contribution in [-0.4, -0.2) is 4.98 Å². The lowest BCUT2D eigenvalue weighted by Crippen LogP contribution is -2.11. The molecule has 2 N–H and O–H groups in total. The third-order valence-corrected chi connectivity index (χ3v) is 1.66. The number of aromatic nitrogens is 1. The Bertz CT molecular complexity index is 372. The van der Waals surface area contributed by atoms with E-state index in [2.05, 4.69) is 4.98 Å². The standard InChI is InChI=1S/C9H8N4/c10-4-3-8(12)7-2-1-5-13-9(7)6-11/h1-2,5,8H,3,12H2/t8-/m1/s1. The summed E-state index contributed by atoms with van der Waals surface area (Å²) in [7, 11) is 0. The van der Waals surface area contributed by atoms with E-state index in [-0.39, 0.29) is 6.42 Å². The highest BCUT2D eigenvalue weighted by Crippen LogP contribution is 2.15. The minimum absolute atomic E-state index is 0.195. The molecule has 0 aliphatic heterocycles. The molecule has 0 fully saturated rings. The van der Waals surface area contributed by atoms with Gasteiger partial charge in [-0.1, -0.05) is 6.07 Å². The fourth-order valence-electron chi connectivity index (χ4n) is 1.02. The summed E-state index contributed by atoms with van der Waals surface area (Å²) in [6.45, 7) is 0. The topological polar surface area (TPSA) is 86.5 Å². The first kappa shape index (κ1) is 9.18. The highest BCUT2D eigenvalue weighted by molar-refractivity contribution is 5.33. The fraction of sp³-hybridized carbons (Fsp3) is 0.222. The van der Waals surface area contributed by atoms with Gasteiger partial charge in [-0.25, -0.2) is 4.98 Å². The van der Waals surface area contributed by atoms with E-state index in [4.69, 9.17) is 16.3 Å². The molecule has 0 spiro atoms. The van der Waals surface area contributed by atoms with Gasteiger partial charge in [0, 0.05) is 17.8 Å². The zero-order valence-electron chi connectivity index (χ0n) is 6.94. The molecule has 1 aromatic rings. The highest BCUT2D eigenvalue weighted by Gasteiger charge is 2.10. The monoisotopic (exact) mass is 172 g/mol. The summed E-state index contributed by atoms with van der Waals surface area (Å²) in [6.07, 6.45) is 1.72. The van der Waals surface area contributed by atoms with Crippen molar-refractivity contribution in [3.8, 4) is 12.1 Å². The lowest BCUT2D eigenvalue weighted by molar-refractivity contribution is 0.740. The second kappa shape index (κ2) is 4.20. The molecule has 4 nitrogen and oxygen atoms in total. The molecular formula is C9H8N4. The summed E-state index contributed by atoms with van der Waals surface area (Å²) in [5, 5.41) is 17.1. The fourth-order valence-corrected chi connectivity index (χ4v) is 1.02. The largest absolute Gasteiger partial charge is 0.323 e. The molecule has 0 unspecified atom stereocenters. The van der Waals surface area contributed by atoms with Gasteiger partial charge >= 0.3 is 0 Å². The van der Waals surface area contributed by atoms with Crippen LogP contribution in [0.1, 0.15) is 23.7 Å². The van der Waals surface area contributed by atoms with E-state index in [0.29, 0.717) is 11.3 Å². The second-order valence-corrected chi connectivity index (χ2v) is 2.52. The summed E-state index contributed by atoms with van der Waals surface area (Å²) in [5.41, 5.74) is 6.60. The number of nitriles is 2. The molecule has 0 bridgehead atoms. The van der Waals surface area contributed by atoms with Gasteiger partial charge in [-0.2, -0.15) is 10.5 Å². The van der Waals surface area contributed by atoms with Gasteiger partial charge in [0.2, 0.25) is 0 Å². The van der Waals surface area contributed by atoms with E-state index in [1.165, 1.54) is 6.20 Å². The van der Waals surface area contributed by atoms with Crippen LogP contribution < -0.4 is 5.73 Å². The first-order chi connectivity index (χ1) is 6.29. The minimum atomic E-state index is -0.423. The molecule has 4 heteroatoms. The first-order valence-corrected chi connectivity index (χ1v) is 3.77. The summed E-state index contributed by atoms with van der Waals surface area (Å²) >= 11 is 0. The van der Waals surface area contributed by atoms with E-state index in [1.54, 1.807) is 12.1 Å². The Morgan fingerprint density at radius 3 is 2.92 bits per heavy atom. The molecule has 1 atom stereocenters. The quantitative estimate of drug-likeness (QED) is 0.716. The lowest BCUT2D eigenvalue weighted by atomic mass is 10.0. The predicted octanol–water partition coefficient (Wildman–Crippen LogP) is 0.867. The molecule has 0 aromatic carbocycles. The summed E-state index contributed by atoms with van der Waals surface area (Å²) in [5.74, 6) is 0. The summed E-state index contributed by atoms with van der Waals surface area (Å²) in [6, 6.07) is 6.88. The third-order valence-electron chi connectivity index (χ3n) is 1.66. The number of nitrogens with two attached hydrogens (primary N) is 1. The highest BCUT2D eigenvalue weighted by atomic mass is 14.7. The van der Waals surface area contributed by atoms with Gasteiger partial charge in [-0.3, -0.25) is 0 Å². The normalized spacial score (nSPS) is 11.3. The number of pyridine rings is 1. The average molecular weight is 172 g/mol. The SMILES string of the molecule is N#CC[C@@H](N)c1cccnc1C#N. The van der Waals surface area contributed by atoms with Crippen molar-refractivity contribution in [2.75, 3.05) is 0 Å². The molecule has 1 aromatic heterocycles. The number of nitrogens with zero attached hydrogens (tertiary/aromatic N) is 3. The van der Waals surface area contributed by atoms with Gasteiger partial charge in [0.15, 0.2) is 0 Å². The van der Waals surface area contributed by atoms with Gasteiger partial charge in [-0.15, -0.1) is 0 Å². The van der Waals surface area contributed by atoms with E-state index >= 15 is 0 Å². The van der Waals surface area contributed by atoms with Crippen molar-refractivity contribution in [1.82, 2.24) is 4.98 Å². The maximum atomic E-state index is 8.68. The molecule has 0 aliphatic carbocycles. The molecule has 0 radical (unpaired) electrons. The Kier molecular flexibility index (Phi) is 2.97. The van der Waals surface area contributed by atoms with Crippen LogP contribution >= 0.6 is 0 Å². The molecule has 13 heavy (non-hydrogen) atoms. The van der Waals surface area contributed by atoms with Crippen LogP contribution in [0, 0.1) is 22.7 Å². The Balaban J connectivity index is 3.02. The predicted molar refractivity (Wildman–Crippen MR) is 46.1 cm³/mol. The van der Waals surface area contributed by atoms with Gasteiger partial charge in [-0.05, 0) is 6.07 Å². The Morgan fingerprint density at radius 1 is 1.54 bits per heavy atom. The van der Waals surface area contributed by atoms with Gasteiger partial charge in [0.05, 0.1) is 12.5 Å². The zero-order valence-corrected chi connectivity index (χ0v) is 6.94. The molecule has 64 valence electrons. The van der Waals surface area contributed by atoms with Crippen LogP contribution in [0.5, 0.6) is 0 Å². The van der Waals surface area contributed by atoms with Gasteiger partial charge in [0.25, 0.3) is 0 Å². The summed E-state index contributed by atoms with van der Waals surface area (Å²) < 4.78 is 0. The number of rotatable bonds is 2. The molecule has 1 rings (SSSR count). The van der Waals surface area contributed by atoms with Crippen molar-refractivity contribution in [2.45, 2.75) is 12.5 Å². The molecule has 0 saturated carbocycles. The maximum Gasteiger partial charge on any atom is 0.145 e. The van der Waals surface area contributed by atoms with Crippen LogP contribution in [-0.2, 0) is 0 Å². The van der Waals surface area contributed by atoms with Crippen molar-refractivity contribution in [3.05, 3.63) is 29.6 Å². The van der Waals surface area contributed by atoms with Crippen LogP contribution in [0.15, 0.2) is 18.3 Å². The molecular weight excluding hydrogens is 164 g/mol. The van der Waals surface area contributed by atoms with Crippen molar-refractivity contribution < 1.29 is 0 Å². The van der Waals surface area contributed by atoms with E-state index < -0.39 is 6.04 Å². The molecule has 1 heterocycles. The van der Waals surface area contributed by atoms with E-state index in [9.17, 15) is 0 Å². The van der Waals surface area contributed by atoms with Crippen molar-refractivity contribution in [1.29, 1.82) is 10.5 Å². The van der Waals surface area contributed by atoms with Crippen molar-refractivity contribution in [2.24, 2.45) is 5.73 Å². The average Bonchev–Trinajstić information content (AvgIpc) is 2.18. The zero-order chi connectivity index (χ0) is 9.68. The van der Waals surface area contributed by atoms with Crippen molar-refractivity contribution >= 4 is 0 Å². The van der Waals surface area contributed by atoms with E-state index in [1.807, 2.05) is 12.1 Å². The Morgan fingerprint density at radius 2 is 2.31 bits per heavy atom. The molecule has 0 amide bonds. The van der Waals surface area contributed by atoms with E-state index in [0.717, 1.165) is 0 Å². The van der Waals surface area contributed by atoms with Gasteiger partial charge < -0.3 is 5.73 Å². The van der Waals surface area contributed by atoms with Crippen molar-refractivity contribution in [3.63, 3.8) is 0 Å². The maximum absolute atomic E-state index is 8.68. The smallest absolute Gasteiger partial charge is 0.145 e. The van der Waals surface area contributed by atoms with Gasteiger partial charge in [0.1, 0.15) is 11.8 Å². The van der Waals surface area contributed by atoms with Crippen LogP contribution in [0.4, 0.5) is 0 Å². The molecule has 0 aliphatic rings. The van der Waals surface area contributed by atoms with Crippen LogP contribution in [0.2, 0.25) is 0 Å². The van der Waals surface area contributed by atoms with Crippen LogP contribution in [0.3, 0.4) is 0 Å². The lowest BCUT2D eigenvalue weighted by Gasteiger charge is -2.07. The minimum Gasteiger partial charge on any atom is -0.323 e. The third kappa shape index (κ3) is 2.02. The summed E-state index contributed by atoms with van der Waals surface area (Å²) in [4.78, 5) is 3.85. The number of hydrogen-bond acceptors (Lipinski definition) is 4. The number of hydrogen-bond donors (Lipinski definition) is 1.